The number of carbonyl (C=O) groups is 1. The Morgan fingerprint density at radius 1 is 0.826 bits per heavy atom. The first-order valence-electron chi connectivity index (χ1n) is 8.18. The molecule has 0 saturated carbocycles. The van der Waals surface area contributed by atoms with Gasteiger partial charge in [-0.3, -0.25) is 4.79 Å². The van der Waals surface area contributed by atoms with E-state index in [-0.39, 0.29) is 5.78 Å². The number of Topliss-reactive ketones (excluding diaryl/α,β-unsaturated/α-hetero) is 1. The van der Waals surface area contributed by atoms with Crippen molar-refractivity contribution in [2.45, 2.75) is 54.6 Å². The molecule has 2 rings (SSSR count). The van der Waals surface area contributed by atoms with Crippen molar-refractivity contribution in [2.75, 3.05) is 0 Å². The van der Waals surface area contributed by atoms with Crippen molar-refractivity contribution in [1.29, 1.82) is 0 Å². The van der Waals surface area contributed by atoms with Gasteiger partial charge in [0.15, 0.2) is 5.78 Å². The van der Waals surface area contributed by atoms with E-state index >= 15 is 0 Å². The highest BCUT2D eigenvalue weighted by molar-refractivity contribution is 5.95. The highest BCUT2D eigenvalue weighted by atomic mass is 16.5. The Morgan fingerprint density at radius 3 is 1.78 bits per heavy atom. The van der Waals surface area contributed by atoms with Gasteiger partial charge < -0.3 is 4.74 Å². The molecule has 0 fully saturated rings. The molecule has 122 valence electrons. The van der Waals surface area contributed by atoms with E-state index in [0.717, 1.165) is 11.3 Å². The van der Waals surface area contributed by atoms with Crippen LogP contribution in [0.2, 0.25) is 0 Å². The summed E-state index contributed by atoms with van der Waals surface area (Å²) < 4.78 is 5.96. The topological polar surface area (TPSA) is 26.3 Å². The second-order valence-electron chi connectivity index (χ2n) is 6.19. The van der Waals surface area contributed by atoms with Crippen LogP contribution in [0.1, 0.15) is 57.1 Å². The van der Waals surface area contributed by atoms with E-state index in [0.29, 0.717) is 13.0 Å². The van der Waals surface area contributed by atoms with Gasteiger partial charge in [0.1, 0.15) is 12.4 Å². The summed E-state index contributed by atoms with van der Waals surface area (Å²) in [5.41, 5.74) is 8.68. The zero-order chi connectivity index (χ0) is 17.1. The fourth-order valence-electron chi connectivity index (χ4n) is 2.89. The molecule has 0 atom stereocenters. The highest BCUT2D eigenvalue weighted by Crippen LogP contribution is 2.27. The van der Waals surface area contributed by atoms with Gasteiger partial charge in [0, 0.05) is 12.0 Å². The molecular formula is C21H26O2. The van der Waals surface area contributed by atoms with Gasteiger partial charge in [0.05, 0.1) is 0 Å². The number of carbonyl (C=O) groups excluding carboxylic acids is 1. The molecule has 0 amide bonds. The molecule has 0 bridgehead atoms. The zero-order valence-corrected chi connectivity index (χ0v) is 15.0. The largest absolute Gasteiger partial charge is 0.489 e. The molecule has 23 heavy (non-hydrogen) atoms. The van der Waals surface area contributed by atoms with E-state index in [4.69, 9.17) is 4.74 Å². The molecule has 0 saturated heterocycles. The van der Waals surface area contributed by atoms with Gasteiger partial charge >= 0.3 is 0 Å². The predicted octanol–water partition coefficient (Wildman–Crippen LogP) is 5.40. The molecule has 0 spiro atoms. The summed E-state index contributed by atoms with van der Waals surface area (Å²) in [6.07, 6.45) is 0.528. The maximum atomic E-state index is 11.7. The average Bonchev–Trinajstić information content (AvgIpc) is 2.58. The molecule has 0 heterocycles. The number of ketones is 1. The Balaban J connectivity index is 2.20. The summed E-state index contributed by atoms with van der Waals surface area (Å²) in [6.45, 7) is 13.3. The van der Waals surface area contributed by atoms with Crippen LogP contribution in [0, 0.1) is 34.6 Å². The summed E-state index contributed by atoms with van der Waals surface area (Å²) >= 11 is 0. The molecular weight excluding hydrogens is 284 g/mol. The second-order valence-corrected chi connectivity index (χ2v) is 6.19. The Hall–Kier alpha value is -2.09. The Kier molecular flexibility index (Phi) is 5.25. The maximum absolute atomic E-state index is 11.7. The van der Waals surface area contributed by atoms with Crippen LogP contribution in [0.4, 0.5) is 0 Å². The van der Waals surface area contributed by atoms with Crippen molar-refractivity contribution in [3.8, 4) is 5.75 Å². The van der Waals surface area contributed by atoms with Crippen molar-refractivity contribution in [2.24, 2.45) is 0 Å². The van der Waals surface area contributed by atoms with Crippen LogP contribution in [0.3, 0.4) is 0 Å². The first-order chi connectivity index (χ1) is 10.9. The van der Waals surface area contributed by atoms with Crippen LogP contribution in [0.5, 0.6) is 5.75 Å². The van der Waals surface area contributed by atoms with Gasteiger partial charge in [-0.2, -0.15) is 0 Å². The van der Waals surface area contributed by atoms with E-state index in [9.17, 15) is 4.79 Å². The average molecular weight is 310 g/mol. The summed E-state index contributed by atoms with van der Waals surface area (Å²) in [7, 11) is 0. The molecule has 2 heteroatoms. The number of ether oxygens (including phenoxy) is 1. The lowest BCUT2D eigenvalue weighted by molar-refractivity contribution is 0.0988. The lowest BCUT2D eigenvalue weighted by Crippen LogP contribution is -2.06. The minimum atomic E-state index is 0.160. The van der Waals surface area contributed by atoms with Crippen molar-refractivity contribution in [3.63, 3.8) is 0 Å². The van der Waals surface area contributed by atoms with E-state index < -0.39 is 0 Å². The van der Waals surface area contributed by atoms with E-state index in [2.05, 4.69) is 34.6 Å². The molecule has 2 aromatic rings. The normalized spacial score (nSPS) is 10.7. The fourth-order valence-corrected chi connectivity index (χ4v) is 2.89. The van der Waals surface area contributed by atoms with E-state index in [1.165, 1.54) is 33.4 Å². The van der Waals surface area contributed by atoms with Gasteiger partial charge in [0.2, 0.25) is 0 Å². The van der Waals surface area contributed by atoms with Crippen LogP contribution in [-0.4, -0.2) is 5.78 Å². The molecule has 0 aliphatic rings. The van der Waals surface area contributed by atoms with Gasteiger partial charge in [-0.15, -0.1) is 0 Å². The molecule has 0 radical (unpaired) electrons. The minimum Gasteiger partial charge on any atom is -0.489 e. The number of benzene rings is 2. The minimum absolute atomic E-state index is 0.160. The highest BCUT2D eigenvalue weighted by Gasteiger charge is 2.12. The fraction of sp³-hybridized carbons (Fsp3) is 0.381. The van der Waals surface area contributed by atoms with Gasteiger partial charge in [-0.1, -0.05) is 6.92 Å². The summed E-state index contributed by atoms with van der Waals surface area (Å²) in [5, 5.41) is 0. The first-order valence-corrected chi connectivity index (χ1v) is 8.18. The van der Waals surface area contributed by atoms with Crippen molar-refractivity contribution in [3.05, 3.63) is 63.2 Å². The summed E-state index contributed by atoms with van der Waals surface area (Å²) in [6, 6.07) is 7.43. The van der Waals surface area contributed by atoms with Crippen LogP contribution in [-0.2, 0) is 6.61 Å². The third-order valence-corrected chi connectivity index (χ3v) is 5.04. The number of hydrogen-bond donors (Lipinski definition) is 0. The maximum Gasteiger partial charge on any atom is 0.162 e. The standard InChI is InChI=1S/C21H26O2/c1-7-21(22)18-8-10-19(11-9-18)23-12-20-16(5)14(3)13(2)15(4)17(20)6/h8-11H,7,12H2,1-6H3. The van der Waals surface area contributed by atoms with Crippen molar-refractivity contribution in [1.82, 2.24) is 0 Å². The second kappa shape index (κ2) is 6.99. The first kappa shape index (κ1) is 17.3. The Bertz CT molecular complexity index is 695. The molecule has 0 aromatic heterocycles. The van der Waals surface area contributed by atoms with Gasteiger partial charge in [-0.05, 0) is 92.3 Å². The van der Waals surface area contributed by atoms with Crippen LogP contribution < -0.4 is 4.74 Å². The SMILES string of the molecule is CCC(=O)c1ccc(OCc2c(C)c(C)c(C)c(C)c2C)cc1. The smallest absolute Gasteiger partial charge is 0.162 e. The Labute approximate surface area is 139 Å². The van der Waals surface area contributed by atoms with E-state index in [1.54, 1.807) is 0 Å². The molecule has 0 aliphatic carbocycles. The zero-order valence-electron chi connectivity index (χ0n) is 15.0. The third kappa shape index (κ3) is 3.47. The quantitative estimate of drug-likeness (QED) is 0.691. The van der Waals surface area contributed by atoms with Crippen LogP contribution >= 0.6 is 0 Å². The molecule has 2 nitrogen and oxygen atoms in total. The van der Waals surface area contributed by atoms with Gasteiger partial charge in [-0.25, -0.2) is 0 Å². The third-order valence-electron chi connectivity index (χ3n) is 5.04. The molecule has 0 unspecified atom stereocenters. The molecule has 2 aromatic carbocycles. The van der Waals surface area contributed by atoms with Gasteiger partial charge in [0.25, 0.3) is 0 Å². The lowest BCUT2D eigenvalue weighted by Gasteiger charge is -2.19. The molecule has 0 aliphatic heterocycles. The Morgan fingerprint density at radius 2 is 1.30 bits per heavy atom. The van der Waals surface area contributed by atoms with E-state index in [1.807, 2.05) is 31.2 Å². The monoisotopic (exact) mass is 310 g/mol. The summed E-state index contributed by atoms with van der Waals surface area (Å²) in [4.78, 5) is 11.7. The number of hydrogen-bond acceptors (Lipinski definition) is 2. The predicted molar refractivity (Wildman–Crippen MR) is 95.5 cm³/mol. The summed E-state index contributed by atoms with van der Waals surface area (Å²) in [5.74, 6) is 0.959. The van der Waals surface area contributed by atoms with Crippen molar-refractivity contribution >= 4 is 5.78 Å². The number of rotatable bonds is 5. The molecule has 0 N–H and O–H groups in total. The van der Waals surface area contributed by atoms with Crippen LogP contribution in [0.15, 0.2) is 24.3 Å². The lowest BCUT2D eigenvalue weighted by atomic mass is 9.90. The van der Waals surface area contributed by atoms with Crippen molar-refractivity contribution < 1.29 is 9.53 Å². The van der Waals surface area contributed by atoms with Crippen LogP contribution in [0.25, 0.3) is 0 Å².